The summed E-state index contributed by atoms with van der Waals surface area (Å²) in [5.74, 6) is 1.46. The molecule has 1 aromatic carbocycles. The Hall–Kier alpha value is -2.01. The van der Waals surface area contributed by atoms with Crippen LogP contribution in [0.4, 0.5) is 5.82 Å². The minimum atomic E-state index is -0.413. The van der Waals surface area contributed by atoms with E-state index in [1.165, 1.54) is 31.5 Å². The number of anilines is 1. The number of aromatic nitrogens is 2. The zero-order valence-corrected chi connectivity index (χ0v) is 13.1. The summed E-state index contributed by atoms with van der Waals surface area (Å²) in [5, 5.41) is 3.91. The lowest BCUT2D eigenvalue weighted by Crippen LogP contribution is -2.33. The number of aromatic amines is 1. The van der Waals surface area contributed by atoms with Crippen molar-refractivity contribution >= 4 is 17.4 Å². The number of hydrogen-bond donors (Lipinski definition) is 2. The third-order valence-corrected chi connectivity index (χ3v) is 4.40. The zero-order chi connectivity index (χ0) is 15.7. The van der Waals surface area contributed by atoms with Crippen molar-refractivity contribution < 1.29 is 0 Å². The summed E-state index contributed by atoms with van der Waals surface area (Å²) in [5.41, 5.74) is 0.496. The van der Waals surface area contributed by atoms with Gasteiger partial charge in [0.05, 0.1) is 0 Å². The van der Waals surface area contributed by atoms with Crippen LogP contribution in [0.3, 0.4) is 0 Å². The molecule has 6 heteroatoms. The Morgan fingerprint density at radius 2 is 2.00 bits per heavy atom. The van der Waals surface area contributed by atoms with Crippen molar-refractivity contribution in [1.82, 2.24) is 9.55 Å². The summed E-state index contributed by atoms with van der Waals surface area (Å²) in [6.07, 6.45) is 2.42. The fourth-order valence-electron chi connectivity index (χ4n) is 2.64. The Bertz CT molecular complexity index is 744. The molecule has 22 heavy (non-hydrogen) atoms. The van der Waals surface area contributed by atoms with Crippen LogP contribution in [0.15, 0.2) is 39.9 Å². The van der Waals surface area contributed by atoms with Gasteiger partial charge in [-0.15, -0.1) is 0 Å². The Balaban J connectivity index is 1.77. The highest BCUT2D eigenvalue weighted by Gasteiger charge is 2.32. The first-order valence-corrected chi connectivity index (χ1v) is 7.72. The number of rotatable bonds is 5. The highest BCUT2D eigenvalue weighted by molar-refractivity contribution is 6.30. The second-order valence-electron chi connectivity index (χ2n) is 5.76. The molecule has 116 valence electrons. The third kappa shape index (κ3) is 3.25. The Labute approximate surface area is 132 Å². The molecule has 0 bridgehead atoms. The van der Waals surface area contributed by atoms with E-state index in [2.05, 4.69) is 10.3 Å². The molecule has 1 unspecified atom stereocenters. The van der Waals surface area contributed by atoms with Gasteiger partial charge in [-0.1, -0.05) is 23.7 Å². The van der Waals surface area contributed by atoms with Crippen LogP contribution in [0, 0.1) is 5.92 Å². The molecule has 1 heterocycles. The molecule has 2 N–H and O–H groups in total. The van der Waals surface area contributed by atoms with Gasteiger partial charge >= 0.3 is 5.69 Å². The molecule has 0 radical (unpaired) electrons. The molecule has 0 amide bonds. The van der Waals surface area contributed by atoms with Crippen molar-refractivity contribution in [3.8, 4) is 0 Å². The SMILES string of the molecule is Cn1c(=O)cc(NCC(c2ccc(Cl)cc2)C2CC2)[nH]c1=O. The van der Waals surface area contributed by atoms with Crippen LogP contribution in [-0.2, 0) is 7.05 Å². The van der Waals surface area contributed by atoms with Crippen LogP contribution < -0.4 is 16.6 Å². The predicted molar refractivity (Wildman–Crippen MR) is 87.7 cm³/mol. The predicted octanol–water partition coefficient (Wildman–Crippen LogP) is 2.33. The monoisotopic (exact) mass is 319 g/mol. The lowest BCUT2D eigenvalue weighted by molar-refractivity contribution is 0.631. The summed E-state index contributed by atoms with van der Waals surface area (Å²) in [6.45, 7) is 0.676. The van der Waals surface area contributed by atoms with Gasteiger partial charge in [0.15, 0.2) is 0 Å². The summed E-state index contributed by atoms with van der Waals surface area (Å²) in [4.78, 5) is 25.9. The number of nitrogens with one attached hydrogen (secondary N) is 2. The number of halogens is 1. The summed E-state index contributed by atoms with van der Waals surface area (Å²) < 4.78 is 1.04. The minimum absolute atomic E-state index is 0.319. The lowest BCUT2D eigenvalue weighted by atomic mass is 9.94. The van der Waals surface area contributed by atoms with E-state index < -0.39 is 5.69 Å². The maximum Gasteiger partial charge on any atom is 0.329 e. The first kappa shape index (κ1) is 14.9. The Morgan fingerprint density at radius 3 is 2.59 bits per heavy atom. The molecule has 2 aromatic rings. The molecule has 1 fully saturated rings. The van der Waals surface area contributed by atoms with Gasteiger partial charge in [-0.3, -0.25) is 14.3 Å². The van der Waals surface area contributed by atoms with Gasteiger partial charge in [0.2, 0.25) is 0 Å². The van der Waals surface area contributed by atoms with Gasteiger partial charge in [0.25, 0.3) is 5.56 Å². The number of hydrogen-bond acceptors (Lipinski definition) is 3. The number of H-pyrrole nitrogens is 1. The fourth-order valence-corrected chi connectivity index (χ4v) is 2.76. The van der Waals surface area contributed by atoms with Crippen LogP contribution in [0.25, 0.3) is 0 Å². The minimum Gasteiger partial charge on any atom is -0.371 e. The van der Waals surface area contributed by atoms with E-state index in [0.29, 0.717) is 24.2 Å². The maximum absolute atomic E-state index is 11.6. The molecule has 1 saturated carbocycles. The van der Waals surface area contributed by atoms with Gasteiger partial charge < -0.3 is 5.32 Å². The molecule has 0 saturated heterocycles. The molecule has 3 rings (SSSR count). The van der Waals surface area contributed by atoms with Gasteiger partial charge in [-0.25, -0.2) is 4.79 Å². The molecule has 1 atom stereocenters. The van der Waals surface area contributed by atoms with Crippen LogP contribution in [0.2, 0.25) is 5.02 Å². The highest BCUT2D eigenvalue weighted by Crippen LogP contribution is 2.42. The van der Waals surface area contributed by atoms with Crippen molar-refractivity contribution in [1.29, 1.82) is 0 Å². The quantitative estimate of drug-likeness (QED) is 0.889. The average molecular weight is 320 g/mol. The maximum atomic E-state index is 11.6. The van der Waals surface area contributed by atoms with Crippen molar-refractivity contribution in [2.75, 3.05) is 11.9 Å². The first-order valence-electron chi connectivity index (χ1n) is 7.34. The molecule has 5 nitrogen and oxygen atoms in total. The highest BCUT2D eigenvalue weighted by atomic mass is 35.5. The second kappa shape index (κ2) is 6.01. The van der Waals surface area contributed by atoms with Gasteiger partial charge in [-0.2, -0.15) is 0 Å². The van der Waals surface area contributed by atoms with Gasteiger partial charge in [0.1, 0.15) is 5.82 Å². The Morgan fingerprint density at radius 1 is 1.32 bits per heavy atom. The van der Waals surface area contributed by atoms with Crippen LogP contribution >= 0.6 is 11.6 Å². The largest absolute Gasteiger partial charge is 0.371 e. The lowest BCUT2D eigenvalue weighted by Gasteiger charge is -2.18. The summed E-state index contributed by atoms with van der Waals surface area (Å²) in [6, 6.07) is 9.28. The molecule has 0 spiro atoms. The summed E-state index contributed by atoms with van der Waals surface area (Å²) in [7, 11) is 1.45. The van der Waals surface area contributed by atoms with Crippen LogP contribution in [0.5, 0.6) is 0 Å². The molecule has 1 aliphatic rings. The topological polar surface area (TPSA) is 66.9 Å². The van der Waals surface area contributed by atoms with E-state index in [9.17, 15) is 9.59 Å². The average Bonchev–Trinajstić information content (AvgIpc) is 3.31. The van der Waals surface area contributed by atoms with Crippen molar-refractivity contribution in [2.24, 2.45) is 13.0 Å². The first-order chi connectivity index (χ1) is 10.5. The van der Waals surface area contributed by atoms with E-state index >= 15 is 0 Å². The smallest absolute Gasteiger partial charge is 0.329 e. The van der Waals surface area contributed by atoms with Crippen LogP contribution in [-0.4, -0.2) is 16.1 Å². The van der Waals surface area contributed by atoms with Gasteiger partial charge in [0, 0.05) is 30.6 Å². The van der Waals surface area contributed by atoms with E-state index in [0.717, 1.165) is 9.59 Å². The second-order valence-corrected chi connectivity index (χ2v) is 6.20. The molecule has 1 aliphatic carbocycles. The normalized spacial score (nSPS) is 15.5. The molecule has 1 aromatic heterocycles. The Kier molecular flexibility index (Phi) is 4.07. The molecule has 0 aliphatic heterocycles. The summed E-state index contributed by atoms with van der Waals surface area (Å²) >= 11 is 5.94. The third-order valence-electron chi connectivity index (χ3n) is 4.15. The van der Waals surface area contributed by atoms with E-state index in [-0.39, 0.29) is 5.56 Å². The van der Waals surface area contributed by atoms with Crippen molar-refractivity contribution in [3.63, 3.8) is 0 Å². The van der Waals surface area contributed by atoms with E-state index in [4.69, 9.17) is 11.6 Å². The van der Waals surface area contributed by atoms with Crippen LogP contribution in [0.1, 0.15) is 24.3 Å². The van der Waals surface area contributed by atoms with Crippen molar-refractivity contribution in [2.45, 2.75) is 18.8 Å². The standard InChI is InChI=1S/C16H18ClN3O2/c1-20-15(21)8-14(19-16(20)22)18-9-13(10-2-3-10)11-4-6-12(17)7-5-11/h4-8,10,13,18H,2-3,9H2,1H3,(H,19,22). The fraction of sp³-hybridized carbons (Fsp3) is 0.375. The van der Waals surface area contributed by atoms with Crippen molar-refractivity contribution in [3.05, 3.63) is 61.8 Å². The number of nitrogens with zero attached hydrogens (tertiary/aromatic N) is 1. The van der Waals surface area contributed by atoms with E-state index in [1.54, 1.807) is 0 Å². The van der Waals surface area contributed by atoms with E-state index in [1.807, 2.05) is 24.3 Å². The zero-order valence-electron chi connectivity index (χ0n) is 12.3. The molecular formula is C16H18ClN3O2. The number of benzene rings is 1. The van der Waals surface area contributed by atoms with Gasteiger partial charge in [-0.05, 0) is 36.5 Å². The molecular weight excluding hydrogens is 302 g/mol.